The van der Waals surface area contributed by atoms with Crippen LogP contribution < -0.4 is 5.32 Å². The van der Waals surface area contributed by atoms with Gasteiger partial charge in [0.25, 0.3) is 0 Å². The normalized spacial score (nSPS) is 12.7. The van der Waals surface area contributed by atoms with Gasteiger partial charge in [0.05, 0.1) is 17.1 Å². The van der Waals surface area contributed by atoms with Crippen molar-refractivity contribution in [2.75, 3.05) is 0 Å². The molecule has 1 heterocycles. The summed E-state index contributed by atoms with van der Waals surface area (Å²) in [5, 5.41) is 14.7. The summed E-state index contributed by atoms with van der Waals surface area (Å²) in [4.78, 5) is 28.0. The number of carbonyl (C=O) groups is 2. The first-order valence-electron chi connectivity index (χ1n) is 7.29. The monoisotopic (exact) mass is 332 g/mol. The SMILES string of the molecule is CC(C)(C)c1nc(CC(=O)N[C@H](C(=O)O)c2ccccc2)cs1. The number of nitrogens with one attached hydrogen (secondary N) is 1. The fourth-order valence-corrected chi connectivity index (χ4v) is 2.95. The molecule has 0 aliphatic heterocycles. The van der Waals surface area contributed by atoms with Crippen molar-refractivity contribution >= 4 is 23.2 Å². The molecular weight excluding hydrogens is 312 g/mol. The summed E-state index contributed by atoms with van der Waals surface area (Å²) in [6.07, 6.45) is 0.0726. The van der Waals surface area contributed by atoms with Gasteiger partial charge in [-0.15, -0.1) is 11.3 Å². The number of nitrogens with zero attached hydrogens (tertiary/aromatic N) is 1. The van der Waals surface area contributed by atoms with Crippen LogP contribution in [-0.4, -0.2) is 22.0 Å². The highest BCUT2D eigenvalue weighted by molar-refractivity contribution is 7.09. The second-order valence-electron chi connectivity index (χ2n) is 6.32. The number of carboxylic acid groups (broad SMARTS) is 1. The van der Waals surface area contributed by atoms with Crippen LogP contribution in [0.15, 0.2) is 35.7 Å². The largest absolute Gasteiger partial charge is 0.479 e. The van der Waals surface area contributed by atoms with Gasteiger partial charge in [-0.1, -0.05) is 51.1 Å². The summed E-state index contributed by atoms with van der Waals surface area (Å²) < 4.78 is 0. The maximum Gasteiger partial charge on any atom is 0.330 e. The molecule has 0 aliphatic rings. The van der Waals surface area contributed by atoms with Crippen LogP contribution >= 0.6 is 11.3 Å². The molecule has 6 heteroatoms. The third-order valence-electron chi connectivity index (χ3n) is 3.22. The van der Waals surface area contributed by atoms with E-state index in [0.717, 1.165) is 5.01 Å². The number of rotatable bonds is 5. The Hall–Kier alpha value is -2.21. The number of aromatic nitrogens is 1. The molecule has 0 radical (unpaired) electrons. The molecule has 2 aromatic rings. The summed E-state index contributed by atoms with van der Waals surface area (Å²) in [5.74, 6) is -1.44. The van der Waals surface area contributed by atoms with Gasteiger partial charge in [0.15, 0.2) is 6.04 Å². The first-order chi connectivity index (χ1) is 10.8. The summed E-state index contributed by atoms with van der Waals surface area (Å²) in [5.41, 5.74) is 1.14. The lowest BCUT2D eigenvalue weighted by Gasteiger charge is -2.15. The minimum absolute atomic E-state index is 0.0625. The lowest BCUT2D eigenvalue weighted by atomic mass is 9.98. The van der Waals surface area contributed by atoms with Crippen molar-refractivity contribution < 1.29 is 14.7 Å². The van der Waals surface area contributed by atoms with E-state index in [0.29, 0.717) is 11.3 Å². The van der Waals surface area contributed by atoms with Crippen molar-refractivity contribution in [3.05, 3.63) is 52.0 Å². The van der Waals surface area contributed by atoms with Crippen LogP contribution in [0, 0.1) is 0 Å². The number of benzene rings is 1. The van der Waals surface area contributed by atoms with E-state index in [1.165, 1.54) is 11.3 Å². The second kappa shape index (κ2) is 6.91. The van der Waals surface area contributed by atoms with Crippen LogP contribution in [0.1, 0.15) is 43.1 Å². The Labute approximate surface area is 139 Å². The van der Waals surface area contributed by atoms with E-state index in [1.54, 1.807) is 30.3 Å². The van der Waals surface area contributed by atoms with Gasteiger partial charge in [-0.25, -0.2) is 9.78 Å². The molecule has 2 N–H and O–H groups in total. The van der Waals surface area contributed by atoms with Gasteiger partial charge >= 0.3 is 5.97 Å². The fraction of sp³-hybridized carbons (Fsp3) is 0.353. The number of hydrogen-bond acceptors (Lipinski definition) is 4. The maximum absolute atomic E-state index is 12.1. The minimum atomic E-state index is -1.08. The quantitative estimate of drug-likeness (QED) is 0.882. The van der Waals surface area contributed by atoms with Crippen molar-refractivity contribution in [1.29, 1.82) is 0 Å². The zero-order valence-electron chi connectivity index (χ0n) is 13.4. The topological polar surface area (TPSA) is 79.3 Å². The van der Waals surface area contributed by atoms with Crippen LogP contribution in [0.4, 0.5) is 0 Å². The first-order valence-corrected chi connectivity index (χ1v) is 8.17. The molecule has 122 valence electrons. The number of hydrogen-bond donors (Lipinski definition) is 2. The molecule has 23 heavy (non-hydrogen) atoms. The van der Waals surface area contributed by atoms with Crippen molar-refractivity contribution in [2.45, 2.75) is 38.6 Å². The Kier molecular flexibility index (Phi) is 5.15. The van der Waals surface area contributed by atoms with Gasteiger partial charge in [-0.2, -0.15) is 0 Å². The molecule has 5 nitrogen and oxygen atoms in total. The predicted octanol–water partition coefficient (Wildman–Crippen LogP) is 2.93. The summed E-state index contributed by atoms with van der Waals surface area (Å²) >= 11 is 1.51. The molecule has 0 saturated heterocycles. The van der Waals surface area contributed by atoms with Gasteiger partial charge < -0.3 is 10.4 Å². The van der Waals surface area contributed by atoms with Crippen LogP contribution in [0.3, 0.4) is 0 Å². The van der Waals surface area contributed by atoms with E-state index in [4.69, 9.17) is 0 Å². The third kappa shape index (κ3) is 4.63. The lowest BCUT2D eigenvalue weighted by Crippen LogP contribution is -2.34. The number of carboxylic acids is 1. The molecule has 2 rings (SSSR count). The molecule has 1 atom stereocenters. The Bertz CT molecular complexity index is 689. The number of aliphatic carboxylic acids is 1. The van der Waals surface area contributed by atoms with Crippen molar-refractivity contribution in [3.63, 3.8) is 0 Å². The Morgan fingerprint density at radius 3 is 2.43 bits per heavy atom. The smallest absolute Gasteiger partial charge is 0.330 e. The van der Waals surface area contributed by atoms with E-state index in [1.807, 2.05) is 5.38 Å². The second-order valence-corrected chi connectivity index (χ2v) is 7.18. The van der Waals surface area contributed by atoms with Gasteiger partial charge in [0, 0.05) is 10.8 Å². The molecule has 0 spiro atoms. The Morgan fingerprint density at radius 2 is 1.91 bits per heavy atom. The van der Waals surface area contributed by atoms with Gasteiger partial charge in [-0.3, -0.25) is 4.79 Å². The predicted molar refractivity (Wildman–Crippen MR) is 89.5 cm³/mol. The van der Waals surface area contributed by atoms with Crippen molar-refractivity contribution in [3.8, 4) is 0 Å². The number of amides is 1. The zero-order valence-corrected chi connectivity index (χ0v) is 14.2. The molecule has 0 aliphatic carbocycles. The third-order valence-corrected chi connectivity index (χ3v) is 4.54. The van der Waals surface area contributed by atoms with E-state index in [-0.39, 0.29) is 17.7 Å². The first kappa shape index (κ1) is 17.1. The average Bonchev–Trinajstić information content (AvgIpc) is 2.94. The Balaban J connectivity index is 2.05. The van der Waals surface area contributed by atoms with E-state index in [2.05, 4.69) is 31.1 Å². The number of thiazole rings is 1. The highest BCUT2D eigenvalue weighted by Crippen LogP contribution is 2.25. The lowest BCUT2D eigenvalue weighted by molar-refractivity contribution is -0.142. The maximum atomic E-state index is 12.1. The number of carbonyl (C=O) groups excluding carboxylic acids is 1. The average molecular weight is 332 g/mol. The Morgan fingerprint density at radius 1 is 1.26 bits per heavy atom. The highest BCUT2D eigenvalue weighted by atomic mass is 32.1. The molecular formula is C17H20N2O3S. The fourth-order valence-electron chi connectivity index (χ4n) is 2.04. The molecule has 1 aromatic heterocycles. The minimum Gasteiger partial charge on any atom is -0.479 e. The summed E-state index contributed by atoms with van der Waals surface area (Å²) in [6.45, 7) is 6.18. The van der Waals surface area contributed by atoms with Crippen molar-refractivity contribution in [1.82, 2.24) is 10.3 Å². The molecule has 0 saturated carbocycles. The van der Waals surface area contributed by atoms with Gasteiger partial charge in [0.1, 0.15) is 0 Å². The molecule has 1 amide bonds. The summed E-state index contributed by atoms with van der Waals surface area (Å²) in [6, 6.07) is 7.60. The van der Waals surface area contributed by atoms with Crippen molar-refractivity contribution in [2.24, 2.45) is 0 Å². The zero-order chi connectivity index (χ0) is 17.0. The molecule has 0 fully saturated rings. The van der Waals surface area contributed by atoms with E-state index in [9.17, 15) is 14.7 Å². The van der Waals surface area contributed by atoms with E-state index >= 15 is 0 Å². The van der Waals surface area contributed by atoms with Gasteiger partial charge in [-0.05, 0) is 5.56 Å². The summed E-state index contributed by atoms with van der Waals surface area (Å²) in [7, 11) is 0. The molecule has 0 unspecified atom stereocenters. The van der Waals surface area contributed by atoms with Crippen LogP contribution in [0.25, 0.3) is 0 Å². The molecule has 0 bridgehead atoms. The van der Waals surface area contributed by atoms with Gasteiger partial charge in [0.2, 0.25) is 5.91 Å². The highest BCUT2D eigenvalue weighted by Gasteiger charge is 2.23. The van der Waals surface area contributed by atoms with E-state index < -0.39 is 12.0 Å². The van der Waals surface area contributed by atoms with Crippen LogP contribution in [-0.2, 0) is 21.4 Å². The van der Waals surface area contributed by atoms with Crippen LogP contribution in [0.2, 0.25) is 0 Å². The standard InChI is InChI=1S/C17H20N2O3S/c1-17(2,3)16-18-12(10-23-16)9-13(20)19-14(15(21)22)11-7-5-4-6-8-11/h4-8,10,14H,9H2,1-3H3,(H,19,20)(H,21,22)/t14-/m0/s1. The van der Waals surface area contributed by atoms with Crippen LogP contribution in [0.5, 0.6) is 0 Å². The molecule has 1 aromatic carbocycles.